The Bertz CT molecular complexity index is 1040. The molecule has 0 bridgehead atoms. The second kappa shape index (κ2) is 7.77. The van der Waals surface area contributed by atoms with Gasteiger partial charge in [-0.05, 0) is 55.3 Å². The number of nitrogens with zero attached hydrogens (tertiary/aromatic N) is 3. The van der Waals surface area contributed by atoms with E-state index in [1.54, 1.807) is 0 Å². The van der Waals surface area contributed by atoms with Crippen molar-refractivity contribution in [3.63, 3.8) is 0 Å². The van der Waals surface area contributed by atoms with Crippen LogP contribution in [0.1, 0.15) is 23.0 Å². The molecule has 1 amide bonds. The standard InChI is InChI=1S/C19H17BrClN5OS/c1-10-9-14(7-8-15(10)20)22-18(27)17-16(12-3-5-13(21)6-4-12)25-26-11(2)23-24-19(26)28-17/h3-9,16-17,25H,1-2H3,(H,22,27)/t16-,17-/m0/s1. The number of benzene rings is 2. The number of anilines is 1. The van der Waals surface area contributed by atoms with Crippen LogP contribution in [0.15, 0.2) is 52.1 Å². The first-order valence-electron chi connectivity index (χ1n) is 8.60. The Morgan fingerprint density at radius 2 is 1.96 bits per heavy atom. The van der Waals surface area contributed by atoms with E-state index in [-0.39, 0.29) is 11.9 Å². The van der Waals surface area contributed by atoms with Crippen molar-refractivity contribution in [3.05, 3.63) is 68.9 Å². The van der Waals surface area contributed by atoms with E-state index in [9.17, 15) is 4.79 Å². The van der Waals surface area contributed by atoms with Gasteiger partial charge in [0, 0.05) is 15.2 Å². The smallest absolute Gasteiger partial charge is 0.240 e. The molecule has 2 heterocycles. The molecule has 2 atom stereocenters. The van der Waals surface area contributed by atoms with Crippen molar-refractivity contribution in [1.29, 1.82) is 0 Å². The van der Waals surface area contributed by atoms with Gasteiger partial charge in [0.2, 0.25) is 11.1 Å². The first kappa shape index (κ1) is 19.3. The summed E-state index contributed by atoms with van der Waals surface area (Å²) in [6.45, 7) is 3.85. The van der Waals surface area contributed by atoms with Crippen LogP contribution < -0.4 is 10.7 Å². The number of amides is 1. The summed E-state index contributed by atoms with van der Waals surface area (Å²) in [4.78, 5) is 13.2. The van der Waals surface area contributed by atoms with Gasteiger partial charge >= 0.3 is 0 Å². The second-order valence-corrected chi connectivity index (χ2v) is 8.91. The van der Waals surface area contributed by atoms with E-state index >= 15 is 0 Å². The van der Waals surface area contributed by atoms with Crippen LogP contribution in [0.4, 0.5) is 5.69 Å². The SMILES string of the molecule is Cc1cc(NC(=O)[C@H]2Sc3nnc(C)n3N[C@H]2c2ccc(Cl)cc2)ccc1Br. The molecule has 3 aromatic rings. The first-order valence-corrected chi connectivity index (χ1v) is 10.6. The Morgan fingerprint density at radius 1 is 1.21 bits per heavy atom. The number of fused-ring (bicyclic) bond motifs is 1. The minimum absolute atomic E-state index is 0.105. The lowest BCUT2D eigenvalue weighted by molar-refractivity contribution is -0.116. The van der Waals surface area contributed by atoms with Crippen molar-refractivity contribution in [2.45, 2.75) is 30.3 Å². The summed E-state index contributed by atoms with van der Waals surface area (Å²) in [5.41, 5.74) is 6.15. The molecule has 0 saturated carbocycles. The Balaban J connectivity index is 1.65. The molecule has 1 aromatic heterocycles. The molecular weight excluding hydrogens is 462 g/mol. The molecule has 0 spiro atoms. The van der Waals surface area contributed by atoms with E-state index in [2.05, 4.69) is 36.9 Å². The molecule has 0 fully saturated rings. The Labute approximate surface area is 180 Å². The molecule has 144 valence electrons. The van der Waals surface area contributed by atoms with E-state index in [1.165, 1.54) is 11.8 Å². The molecule has 1 aliphatic rings. The quantitative estimate of drug-likeness (QED) is 0.570. The molecule has 1 aliphatic heterocycles. The second-order valence-electron chi connectivity index (χ2n) is 6.52. The third-order valence-corrected chi connectivity index (χ3v) is 6.87. The van der Waals surface area contributed by atoms with Crippen LogP contribution in [-0.2, 0) is 4.79 Å². The number of nitrogens with one attached hydrogen (secondary N) is 2. The maximum Gasteiger partial charge on any atom is 0.240 e. The van der Waals surface area contributed by atoms with Crippen molar-refractivity contribution in [3.8, 4) is 0 Å². The summed E-state index contributed by atoms with van der Waals surface area (Å²) >= 11 is 10.9. The minimum atomic E-state index is -0.429. The molecule has 2 N–H and O–H groups in total. The zero-order chi connectivity index (χ0) is 19.8. The zero-order valence-corrected chi connectivity index (χ0v) is 18.3. The lowest BCUT2D eigenvalue weighted by Crippen LogP contribution is -2.41. The van der Waals surface area contributed by atoms with Crippen LogP contribution in [-0.4, -0.2) is 26.0 Å². The number of hydrogen-bond acceptors (Lipinski definition) is 5. The molecule has 0 radical (unpaired) electrons. The van der Waals surface area contributed by atoms with E-state index in [0.29, 0.717) is 10.2 Å². The minimum Gasteiger partial charge on any atom is -0.325 e. The molecule has 6 nitrogen and oxygen atoms in total. The lowest BCUT2D eigenvalue weighted by Gasteiger charge is -2.32. The predicted molar refractivity (Wildman–Crippen MR) is 115 cm³/mol. The summed E-state index contributed by atoms with van der Waals surface area (Å²) in [7, 11) is 0. The van der Waals surface area contributed by atoms with Gasteiger partial charge in [0.25, 0.3) is 0 Å². The fourth-order valence-corrected chi connectivity index (χ4v) is 4.51. The van der Waals surface area contributed by atoms with Gasteiger partial charge in [-0.2, -0.15) is 0 Å². The van der Waals surface area contributed by atoms with Crippen LogP contribution in [0.5, 0.6) is 0 Å². The first-order chi connectivity index (χ1) is 13.4. The van der Waals surface area contributed by atoms with Crippen LogP contribution in [0.3, 0.4) is 0 Å². The summed E-state index contributed by atoms with van der Waals surface area (Å²) in [5, 5.41) is 12.2. The fourth-order valence-electron chi connectivity index (χ4n) is 3.02. The predicted octanol–water partition coefficient (Wildman–Crippen LogP) is 4.71. The maximum atomic E-state index is 13.2. The van der Waals surface area contributed by atoms with Crippen molar-refractivity contribution in [1.82, 2.24) is 14.9 Å². The van der Waals surface area contributed by atoms with Crippen molar-refractivity contribution < 1.29 is 4.79 Å². The number of carbonyl (C=O) groups excluding carboxylic acids is 1. The van der Waals surface area contributed by atoms with E-state index in [4.69, 9.17) is 11.6 Å². The van der Waals surface area contributed by atoms with Crippen molar-refractivity contribution in [2.24, 2.45) is 0 Å². The Hall–Kier alpha value is -2.03. The average Bonchev–Trinajstić information content (AvgIpc) is 3.04. The summed E-state index contributed by atoms with van der Waals surface area (Å²) in [6, 6.07) is 13.0. The Morgan fingerprint density at radius 3 is 2.68 bits per heavy atom. The van der Waals surface area contributed by atoms with Crippen LogP contribution in [0.25, 0.3) is 0 Å². The molecule has 9 heteroatoms. The number of halogens is 2. The highest BCUT2D eigenvalue weighted by Gasteiger charge is 2.37. The normalized spacial score (nSPS) is 18.3. The van der Waals surface area contributed by atoms with Gasteiger partial charge in [0.05, 0.1) is 6.04 Å². The molecule has 0 aliphatic carbocycles. The largest absolute Gasteiger partial charge is 0.325 e. The van der Waals surface area contributed by atoms with E-state index < -0.39 is 5.25 Å². The highest BCUT2D eigenvalue weighted by molar-refractivity contribution is 9.10. The summed E-state index contributed by atoms with van der Waals surface area (Å²) in [6.07, 6.45) is 0. The van der Waals surface area contributed by atoms with E-state index in [0.717, 1.165) is 27.1 Å². The number of aryl methyl sites for hydroxylation is 2. The summed E-state index contributed by atoms with van der Waals surface area (Å²) < 4.78 is 2.82. The van der Waals surface area contributed by atoms with Crippen LogP contribution >= 0.6 is 39.3 Å². The molecule has 2 aromatic carbocycles. The van der Waals surface area contributed by atoms with Crippen molar-refractivity contribution >= 4 is 50.9 Å². The van der Waals surface area contributed by atoms with Gasteiger partial charge in [-0.15, -0.1) is 10.2 Å². The van der Waals surface area contributed by atoms with Gasteiger partial charge in [-0.25, -0.2) is 4.68 Å². The fraction of sp³-hybridized carbons (Fsp3) is 0.211. The topological polar surface area (TPSA) is 71.8 Å². The monoisotopic (exact) mass is 477 g/mol. The van der Waals surface area contributed by atoms with Crippen LogP contribution in [0, 0.1) is 13.8 Å². The molecule has 0 unspecified atom stereocenters. The van der Waals surface area contributed by atoms with Gasteiger partial charge in [-0.1, -0.05) is 51.4 Å². The van der Waals surface area contributed by atoms with Gasteiger partial charge < -0.3 is 10.7 Å². The zero-order valence-electron chi connectivity index (χ0n) is 15.1. The molecular formula is C19H17BrClN5OS. The number of thioether (sulfide) groups is 1. The third-order valence-electron chi connectivity index (χ3n) is 4.51. The van der Waals surface area contributed by atoms with Crippen molar-refractivity contribution in [2.75, 3.05) is 10.7 Å². The van der Waals surface area contributed by atoms with E-state index in [1.807, 2.05) is 61.0 Å². The number of rotatable bonds is 3. The molecule has 28 heavy (non-hydrogen) atoms. The molecule has 4 rings (SSSR count). The number of aromatic nitrogens is 3. The van der Waals surface area contributed by atoms with Gasteiger partial charge in [0.15, 0.2) is 0 Å². The van der Waals surface area contributed by atoms with Gasteiger partial charge in [0.1, 0.15) is 11.1 Å². The van der Waals surface area contributed by atoms with Crippen LogP contribution in [0.2, 0.25) is 5.02 Å². The van der Waals surface area contributed by atoms with Gasteiger partial charge in [-0.3, -0.25) is 4.79 Å². The molecule has 0 saturated heterocycles. The Kier molecular flexibility index (Phi) is 5.35. The lowest BCUT2D eigenvalue weighted by atomic mass is 10.0. The highest BCUT2D eigenvalue weighted by atomic mass is 79.9. The summed E-state index contributed by atoms with van der Waals surface area (Å²) in [5.74, 6) is 0.634. The maximum absolute atomic E-state index is 13.2. The third kappa shape index (κ3) is 3.76. The number of carbonyl (C=O) groups is 1. The highest BCUT2D eigenvalue weighted by Crippen LogP contribution is 2.37. The number of hydrogen-bond donors (Lipinski definition) is 2. The average molecular weight is 479 g/mol.